The van der Waals surface area contributed by atoms with Crippen molar-refractivity contribution in [3.05, 3.63) is 0 Å². The summed E-state index contributed by atoms with van der Waals surface area (Å²) < 4.78 is 46.8. The minimum Gasteiger partial charge on any atom is -0.312 e. The molecule has 0 aromatic heterocycles. The van der Waals surface area contributed by atoms with E-state index < -0.39 is 70.3 Å². The molecule has 0 atom stereocenters. The van der Waals surface area contributed by atoms with Gasteiger partial charge in [-0.1, -0.05) is 0 Å². The van der Waals surface area contributed by atoms with E-state index in [0.717, 1.165) is 0 Å². The van der Waals surface area contributed by atoms with E-state index in [1.165, 1.54) is 0 Å². The summed E-state index contributed by atoms with van der Waals surface area (Å²) in [5.74, 6) is 0. The van der Waals surface area contributed by atoms with Gasteiger partial charge < -0.3 is 39.1 Å². The van der Waals surface area contributed by atoms with Crippen LogP contribution in [0.1, 0.15) is 0 Å². The lowest BCUT2D eigenvalue weighted by Crippen LogP contribution is -2.47. The molecule has 1 heterocycles. The fourth-order valence-electron chi connectivity index (χ4n) is 2.15. The van der Waals surface area contributed by atoms with E-state index in [0.29, 0.717) is 9.34 Å². The normalized spacial score (nSPS) is 22.5. The summed E-state index contributed by atoms with van der Waals surface area (Å²) in [6.07, 6.45) is 0. The molecule has 20 heteroatoms. The highest BCUT2D eigenvalue weighted by Crippen LogP contribution is 2.52. The van der Waals surface area contributed by atoms with Gasteiger partial charge in [-0.05, 0) is 0 Å². The second-order valence-corrected chi connectivity index (χ2v) is 11.3. The van der Waals surface area contributed by atoms with Gasteiger partial charge in [0.1, 0.15) is 0 Å². The Morgan fingerprint density at radius 2 is 0.654 bits per heavy atom. The Kier molecular flexibility index (Phi) is 7.94. The van der Waals surface area contributed by atoms with Crippen LogP contribution in [0.2, 0.25) is 0 Å². The SMILES string of the molecule is O=P(O)(O)N1CCN(P(=O)(O)O)CCN(P(=O)(O)O)N(P(=O)(O)O)CC1. The van der Waals surface area contributed by atoms with Gasteiger partial charge in [0.2, 0.25) is 0 Å². The Labute approximate surface area is 147 Å². The van der Waals surface area contributed by atoms with Crippen molar-refractivity contribution < 1.29 is 57.4 Å². The van der Waals surface area contributed by atoms with Crippen molar-refractivity contribution in [3.8, 4) is 0 Å². The third-order valence-electron chi connectivity index (χ3n) is 3.34. The molecule has 1 saturated heterocycles. The largest absolute Gasteiger partial charge is 0.417 e. The van der Waals surface area contributed by atoms with Crippen LogP contribution >= 0.6 is 31.0 Å². The van der Waals surface area contributed by atoms with Crippen molar-refractivity contribution in [1.29, 1.82) is 0 Å². The van der Waals surface area contributed by atoms with Crippen LogP contribution in [0.5, 0.6) is 0 Å². The van der Waals surface area contributed by atoms with E-state index in [1.807, 2.05) is 0 Å². The molecule has 0 radical (unpaired) electrons. The first-order valence-electron chi connectivity index (χ1n) is 6.73. The van der Waals surface area contributed by atoms with Crippen molar-refractivity contribution in [2.45, 2.75) is 0 Å². The summed E-state index contributed by atoms with van der Waals surface area (Å²) in [4.78, 5) is 74.4. The fourth-order valence-corrected chi connectivity index (χ4v) is 5.59. The average molecular weight is 464 g/mol. The molecule has 0 aromatic rings. The Morgan fingerprint density at radius 3 is 0.846 bits per heavy atom. The molecule has 0 unspecified atom stereocenters. The lowest BCUT2D eigenvalue weighted by atomic mass is 10.5. The van der Waals surface area contributed by atoms with Gasteiger partial charge in [0.15, 0.2) is 0 Å². The Balaban J connectivity index is 3.34. The highest BCUT2D eigenvalue weighted by molar-refractivity contribution is 7.52. The van der Waals surface area contributed by atoms with E-state index in [2.05, 4.69) is 0 Å². The zero-order valence-electron chi connectivity index (χ0n) is 13.0. The summed E-state index contributed by atoms with van der Waals surface area (Å²) in [6, 6.07) is 0. The first kappa shape index (κ1) is 24.5. The number of hydrogen-bond acceptors (Lipinski definition) is 4. The van der Waals surface area contributed by atoms with Gasteiger partial charge in [-0.25, -0.2) is 27.6 Å². The standard InChI is InChI=1S/C6H20N4O12P4/c11-23(12,13)7-1-2-8(24(14,15)16)4-6-10(26(20,21)22)9(5-3-7)25(17,18)19/h1-6H2,(H2,11,12,13)(H2,14,15,16)(H2,17,18,19)(H2,20,21,22). The third-order valence-corrected chi connectivity index (χ3v) is 7.79. The zero-order chi connectivity index (χ0) is 20.6. The molecule has 156 valence electrons. The molecular weight excluding hydrogens is 444 g/mol. The molecule has 0 amide bonds. The van der Waals surface area contributed by atoms with Crippen molar-refractivity contribution >= 4 is 31.0 Å². The van der Waals surface area contributed by atoms with Crippen LogP contribution < -0.4 is 0 Å². The van der Waals surface area contributed by atoms with Gasteiger partial charge in [-0.2, -0.15) is 0 Å². The van der Waals surface area contributed by atoms with E-state index in [1.54, 1.807) is 0 Å². The number of nitrogens with zero attached hydrogens (tertiary/aromatic N) is 4. The lowest BCUT2D eigenvalue weighted by Gasteiger charge is -2.38. The van der Waals surface area contributed by atoms with Crippen molar-refractivity contribution in [1.82, 2.24) is 18.9 Å². The van der Waals surface area contributed by atoms with Crippen LogP contribution in [-0.4, -0.2) is 97.3 Å². The van der Waals surface area contributed by atoms with E-state index in [9.17, 15) is 57.4 Å². The molecule has 26 heavy (non-hydrogen) atoms. The highest BCUT2D eigenvalue weighted by Gasteiger charge is 2.43. The van der Waals surface area contributed by atoms with Crippen molar-refractivity contribution in [3.63, 3.8) is 0 Å². The molecule has 1 rings (SSSR count). The topological polar surface area (TPSA) is 243 Å². The molecule has 1 aliphatic rings. The maximum atomic E-state index is 11.6. The molecule has 0 saturated carbocycles. The number of rotatable bonds is 4. The molecule has 0 aliphatic carbocycles. The first-order valence-corrected chi connectivity index (χ1v) is 13.0. The predicted octanol–water partition coefficient (Wildman–Crippen LogP) is -2.51. The highest BCUT2D eigenvalue weighted by atomic mass is 31.2. The molecule has 16 nitrogen and oxygen atoms in total. The quantitative estimate of drug-likeness (QED) is 0.200. The zero-order valence-corrected chi connectivity index (χ0v) is 16.6. The maximum absolute atomic E-state index is 11.6. The number of hydrogen-bond donors (Lipinski definition) is 8. The van der Waals surface area contributed by atoms with Gasteiger partial charge in [-0.3, -0.25) is 0 Å². The summed E-state index contributed by atoms with van der Waals surface area (Å²) >= 11 is 0. The summed E-state index contributed by atoms with van der Waals surface area (Å²) in [6.45, 7) is -4.37. The molecule has 8 N–H and O–H groups in total. The maximum Gasteiger partial charge on any atom is 0.417 e. The Morgan fingerprint density at radius 1 is 0.423 bits per heavy atom. The van der Waals surface area contributed by atoms with Crippen LogP contribution in [0.4, 0.5) is 0 Å². The van der Waals surface area contributed by atoms with Crippen LogP contribution in [0.15, 0.2) is 0 Å². The predicted molar refractivity (Wildman–Crippen MR) is 84.7 cm³/mol. The molecule has 0 spiro atoms. The minimum absolute atomic E-state index is 0.0698. The van der Waals surface area contributed by atoms with Gasteiger partial charge in [0, 0.05) is 39.3 Å². The van der Waals surface area contributed by atoms with Crippen LogP contribution in [0, 0.1) is 0 Å². The molecule has 0 aromatic carbocycles. The van der Waals surface area contributed by atoms with E-state index in [-0.39, 0.29) is 9.56 Å². The van der Waals surface area contributed by atoms with Crippen LogP contribution in [-0.2, 0) is 18.3 Å². The summed E-state index contributed by atoms with van der Waals surface area (Å²) in [7, 11) is -20.6. The smallest absolute Gasteiger partial charge is 0.312 e. The molecule has 1 fully saturated rings. The second kappa shape index (κ2) is 8.44. The molecule has 1 aliphatic heterocycles. The van der Waals surface area contributed by atoms with E-state index >= 15 is 0 Å². The number of hydrazine groups is 1. The average Bonchev–Trinajstić information content (AvgIpc) is 2.38. The minimum atomic E-state index is -5.34. The van der Waals surface area contributed by atoms with Crippen molar-refractivity contribution in [2.75, 3.05) is 39.3 Å². The van der Waals surface area contributed by atoms with Crippen molar-refractivity contribution in [2.24, 2.45) is 0 Å². The molecule has 0 bridgehead atoms. The second-order valence-electron chi connectivity index (χ2n) is 5.15. The summed E-state index contributed by atoms with van der Waals surface area (Å²) in [5, 5.41) is 0. The monoisotopic (exact) mass is 464 g/mol. The van der Waals surface area contributed by atoms with Crippen LogP contribution in [0.25, 0.3) is 0 Å². The van der Waals surface area contributed by atoms with E-state index in [4.69, 9.17) is 0 Å². The van der Waals surface area contributed by atoms with Gasteiger partial charge in [0.05, 0.1) is 0 Å². The Bertz CT molecular complexity index is 621. The Hall–Kier alpha value is 0.440. The van der Waals surface area contributed by atoms with Gasteiger partial charge in [-0.15, -0.1) is 9.56 Å². The molecular formula is C6H20N4O12P4. The first-order chi connectivity index (χ1) is 11.4. The summed E-state index contributed by atoms with van der Waals surface area (Å²) in [5.41, 5.74) is 0. The van der Waals surface area contributed by atoms with Crippen LogP contribution in [0.3, 0.4) is 0 Å². The fraction of sp³-hybridized carbons (Fsp3) is 1.00. The lowest BCUT2D eigenvalue weighted by molar-refractivity contribution is 0.0625. The van der Waals surface area contributed by atoms with Gasteiger partial charge in [0.25, 0.3) is 0 Å². The third kappa shape index (κ3) is 7.12. The van der Waals surface area contributed by atoms with Gasteiger partial charge >= 0.3 is 31.0 Å².